The highest BCUT2D eigenvalue weighted by Gasteiger charge is 2.13. The number of benzene rings is 2. The summed E-state index contributed by atoms with van der Waals surface area (Å²) in [5, 5.41) is 0. The lowest BCUT2D eigenvalue weighted by Crippen LogP contribution is -2.08. The van der Waals surface area contributed by atoms with E-state index >= 15 is 0 Å². The summed E-state index contributed by atoms with van der Waals surface area (Å²) in [6.07, 6.45) is 0. The average Bonchev–Trinajstić information content (AvgIpc) is 2.47. The first-order valence-electron chi connectivity index (χ1n) is 6.78. The molecule has 21 heavy (non-hydrogen) atoms. The molecule has 2 aromatic rings. The minimum Gasteiger partial charge on any atom is -0.457 e. The predicted molar refractivity (Wildman–Crippen MR) is 80.5 cm³/mol. The molecule has 0 aliphatic carbocycles. The van der Waals surface area contributed by atoms with E-state index in [2.05, 4.69) is 13.8 Å². The Labute approximate surface area is 123 Å². The quantitative estimate of drug-likeness (QED) is 0.685. The van der Waals surface area contributed by atoms with Crippen LogP contribution in [0.1, 0.15) is 41.3 Å². The molecule has 0 heterocycles. The molecule has 0 fully saturated rings. The molecule has 110 valence electrons. The van der Waals surface area contributed by atoms with Crippen molar-refractivity contribution in [2.45, 2.75) is 26.4 Å². The van der Waals surface area contributed by atoms with Crippen LogP contribution < -0.4 is 5.73 Å². The summed E-state index contributed by atoms with van der Waals surface area (Å²) in [7, 11) is 0. The van der Waals surface area contributed by atoms with Gasteiger partial charge in [0.15, 0.2) is 0 Å². The van der Waals surface area contributed by atoms with Gasteiger partial charge in [-0.05, 0) is 35.2 Å². The third-order valence-electron chi connectivity index (χ3n) is 3.23. The molecule has 3 nitrogen and oxygen atoms in total. The van der Waals surface area contributed by atoms with Crippen molar-refractivity contribution in [2.75, 3.05) is 5.73 Å². The summed E-state index contributed by atoms with van der Waals surface area (Å²) < 4.78 is 18.6. The Morgan fingerprint density at radius 1 is 1.19 bits per heavy atom. The first-order chi connectivity index (χ1) is 9.97. The second kappa shape index (κ2) is 6.39. The SMILES string of the molecule is CC(C)c1ccc(COC(=O)c2cc(N)ccc2F)cc1. The molecule has 0 aliphatic rings. The summed E-state index contributed by atoms with van der Waals surface area (Å²) in [6.45, 7) is 4.32. The maximum absolute atomic E-state index is 13.5. The zero-order chi connectivity index (χ0) is 15.4. The molecule has 0 saturated carbocycles. The highest BCUT2D eigenvalue weighted by atomic mass is 19.1. The summed E-state index contributed by atoms with van der Waals surface area (Å²) in [5.74, 6) is -0.903. The highest BCUT2D eigenvalue weighted by Crippen LogP contribution is 2.17. The molecule has 0 radical (unpaired) electrons. The van der Waals surface area contributed by atoms with Gasteiger partial charge in [-0.3, -0.25) is 0 Å². The molecule has 0 bridgehead atoms. The summed E-state index contributed by atoms with van der Waals surface area (Å²) in [5.41, 5.74) is 7.80. The van der Waals surface area contributed by atoms with E-state index in [4.69, 9.17) is 10.5 Å². The maximum Gasteiger partial charge on any atom is 0.341 e. The van der Waals surface area contributed by atoms with E-state index in [1.165, 1.54) is 17.7 Å². The molecule has 0 spiro atoms. The van der Waals surface area contributed by atoms with Crippen LogP contribution in [0, 0.1) is 5.82 Å². The van der Waals surface area contributed by atoms with Crippen molar-refractivity contribution < 1.29 is 13.9 Å². The van der Waals surface area contributed by atoms with E-state index in [1.807, 2.05) is 24.3 Å². The van der Waals surface area contributed by atoms with E-state index in [9.17, 15) is 9.18 Å². The summed E-state index contributed by atoms with van der Waals surface area (Å²) >= 11 is 0. The van der Waals surface area contributed by atoms with Gasteiger partial charge in [-0.25, -0.2) is 9.18 Å². The van der Waals surface area contributed by atoms with E-state index in [1.54, 1.807) is 0 Å². The van der Waals surface area contributed by atoms with Gasteiger partial charge in [0.2, 0.25) is 0 Å². The van der Waals surface area contributed by atoms with Gasteiger partial charge in [0.1, 0.15) is 12.4 Å². The van der Waals surface area contributed by atoms with Gasteiger partial charge in [-0.15, -0.1) is 0 Å². The Balaban J connectivity index is 2.02. The number of halogens is 1. The number of nitrogens with two attached hydrogens (primary N) is 1. The van der Waals surface area contributed by atoms with Crippen molar-refractivity contribution in [3.05, 3.63) is 65.0 Å². The molecule has 0 atom stereocenters. The Morgan fingerprint density at radius 3 is 2.48 bits per heavy atom. The number of carbonyl (C=O) groups is 1. The number of esters is 1. The predicted octanol–water partition coefficient (Wildman–Crippen LogP) is 3.89. The molecule has 0 amide bonds. The number of hydrogen-bond donors (Lipinski definition) is 1. The Kier molecular flexibility index (Phi) is 4.58. The van der Waals surface area contributed by atoms with E-state index in [-0.39, 0.29) is 12.2 Å². The van der Waals surface area contributed by atoms with Crippen LogP contribution in [-0.4, -0.2) is 5.97 Å². The van der Waals surface area contributed by atoms with Crippen molar-refractivity contribution in [3.8, 4) is 0 Å². The molecule has 2 N–H and O–H groups in total. The van der Waals surface area contributed by atoms with Crippen LogP contribution in [0.5, 0.6) is 0 Å². The van der Waals surface area contributed by atoms with E-state index < -0.39 is 11.8 Å². The fraction of sp³-hybridized carbons (Fsp3) is 0.235. The second-order valence-electron chi connectivity index (χ2n) is 5.21. The fourth-order valence-corrected chi connectivity index (χ4v) is 1.92. The van der Waals surface area contributed by atoms with Gasteiger partial charge < -0.3 is 10.5 Å². The lowest BCUT2D eigenvalue weighted by atomic mass is 10.0. The van der Waals surface area contributed by atoms with Gasteiger partial charge in [0.05, 0.1) is 5.56 Å². The van der Waals surface area contributed by atoms with Crippen molar-refractivity contribution >= 4 is 11.7 Å². The minimum absolute atomic E-state index is 0.103. The minimum atomic E-state index is -0.715. The second-order valence-corrected chi connectivity index (χ2v) is 5.21. The third-order valence-corrected chi connectivity index (χ3v) is 3.23. The van der Waals surface area contributed by atoms with Crippen molar-refractivity contribution in [3.63, 3.8) is 0 Å². The van der Waals surface area contributed by atoms with Crippen LogP contribution in [0.3, 0.4) is 0 Å². The van der Waals surface area contributed by atoms with Gasteiger partial charge in [-0.2, -0.15) is 0 Å². The average molecular weight is 287 g/mol. The normalized spacial score (nSPS) is 10.7. The number of anilines is 1. The van der Waals surface area contributed by atoms with E-state index in [0.29, 0.717) is 11.6 Å². The molecule has 4 heteroatoms. The Bertz CT molecular complexity index is 636. The molecular weight excluding hydrogens is 269 g/mol. The topological polar surface area (TPSA) is 52.3 Å². The van der Waals surface area contributed by atoms with Gasteiger partial charge in [0.25, 0.3) is 0 Å². The smallest absolute Gasteiger partial charge is 0.341 e. The fourth-order valence-electron chi connectivity index (χ4n) is 1.92. The maximum atomic E-state index is 13.5. The van der Waals surface area contributed by atoms with E-state index in [0.717, 1.165) is 11.6 Å². The molecule has 0 saturated heterocycles. The molecule has 2 aromatic carbocycles. The zero-order valence-electron chi connectivity index (χ0n) is 12.1. The summed E-state index contributed by atoms with van der Waals surface area (Å²) in [4.78, 5) is 11.8. The van der Waals surface area contributed by atoms with Crippen molar-refractivity contribution in [1.82, 2.24) is 0 Å². The number of rotatable bonds is 4. The zero-order valence-corrected chi connectivity index (χ0v) is 12.1. The van der Waals surface area contributed by atoms with Crippen LogP contribution in [0.2, 0.25) is 0 Å². The standard InChI is InChI=1S/C17H18FNO2/c1-11(2)13-5-3-12(4-6-13)10-21-17(20)15-9-14(19)7-8-16(15)18/h3-9,11H,10,19H2,1-2H3. The first kappa shape index (κ1) is 15.0. The van der Waals surface area contributed by atoms with Crippen LogP contribution in [-0.2, 0) is 11.3 Å². The number of carbonyl (C=O) groups excluding carboxylic acids is 1. The lowest BCUT2D eigenvalue weighted by molar-refractivity contribution is 0.0467. The third kappa shape index (κ3) is 3.81. The van der Waals surface area contributed by atoms with Crippen molar-refractivity contribution in [2.24, 2.45) is 0 Å². The Morgan fingerprint density at radius 2 is 1.86 bits per heavy atom. The molecule has 0 aliphatic heterocycles. The van der Waals surface area contributed by atoms with Gasteiger partial charge in [0, 0.05) is 5.69 Å². The number of hydrogen-bond acceptors (Lipinski definition) is 3. The van der Waals surface area contributed by atoms with Crippen LogP contribution in [0.4, 0.5) is 10.1 Å². The first-order valence-corrected chi connectivity index (χ1v) is 6.78. The summed E-state index contributed by atoms with van der Waals surface area (Å²) in [6, 6.07) is 11.6. The van der Waals surface area contributed by atoms with Crippen molar-refractivity contribution in [1.29, 1.82) is 0 Å². The van der Waals surface area contributed by atoms with Crippen LogP contribution in [0.25, 0.3) is 0 Å². The Hall–Kier alpha value is -2.36. The van der Waals surface area contributed by atoms with Gasteiger partial charge >= 0.3 is 5.97 Å². The largest absolute Gasteiger partial charge is 0.457 e. The number of ether oxygens (including phenoxy) is 1. The monoisotopic (exact) mass is 287 g/mol. The highest BCUT2D eigenvalue weighted by molar-refractivity contribution is 5.90. The molecule has 0 aromatic heterocycles. The van der Waals surface area contributed by atoms with Gasteiger partial charge in [-0.1, -0.05) is 38.1 Å². The van der Waals surface area contributed by atoms with Crippen LogP contribution >= 0.6 is 0 Å². The molecular formula is C17H18FNO2. The molecule has 2 rings (SSSR count). The van der Waals surface area contributed by atoms with Crippen LogP contribution in [0.15, 0.2) is 42.5 Å². The molecule has 0 unspecified atom stereocenters. The lowest BCUT2D eigenvalue weighted by Gasteiger charge is -2.08. The number of nitrogen functional groups attached to an aromatic ring is 1.